The summed E-state index contributed by atoms with van der Waals surface area (Å²) >= 11 is 13.9. The third-order valence-electron chi connectivity index (χ3n) is 8.73. The number of carbonyl (C=O) groups is 2. The van der Waals surface area contributed by atoms with Gasteiger partial charge in [0.05, 0.1) is 22.8 Å². The van der Waals surface area contributed by atoms with Crippen molar-refractivity contribution >= 4 is 35.0 Å². The summed E-state index contributed by atoms with van der Waals surface area (Å²) in [6, 6.07) is 17.6. The van der Waals surface area contributed by atoms with Gasteiger partial charge in [0.2, 0.25) is 17.7 Å². The first kappa shape index (κ1) is 33.8. The van der Waals surface area contributed by atoms with Gasteiger partial charge in [-0.25, -0.2) is 13.8 Å². The zero-order valence-electron chi connectivity index (χ0n) is 26.3. The fraction of sp³-hybridized carbons (Fsp3) is 0.306. The van der Waals surface area contributed by atoms with Gasteiger partial charge < -0.3 is 26.0 Å². The number of aromatic nitrogens is 1. The Balaban J connectivity index is 1.21. The van der Waals surface area contributed by atoms with Crippen molar-refractivity contribution in [2.45, 2.75) is 50.9 Å². The van der Waals surface area contributed by atoms with E-state index in [0.717, 1.165) is 12.0 Å². The Kier molecular flexibility index (Phi) is 10.6. The SMILES string of the molecule is COc1nc(-c2cccc(-c3cccc(-c4ccc(CNC[C@@H]5CCC(=O)N5)c(F)c4F)c3Cl)c2Cl)ccc1CNC[C@@H]1CCC(=O)N1. The number of ether oxygens (including phenoxy) is 1. The second-order valence-electron chi connectivity index (χ2n) is 12.0. The number of nitrogens with zero attached hydrogens (tertiary/aromatic N) is 1. The van der Waals surface area contributed by atoms with Gasteiger partial charge in [-0.3, -0.25) is 9.59 Å². The largest absolute Gasteiger partial charge is 0.481 e. The molecular formula is C36H35Cl2F2N5O3. The maximum Gasteiger partial charge on any atom is 0.220 e. The van der Waals surface area contributed by atoms with E-state index in [2.05, 4.69) is 21.3 Å². The van der Waals surface area contributed by atoms with Crippen molar-refractivity contribution in [2.75, 3.05) is 20.2 Å². The molecule has 2 aliphatic heterocycles. The monoisotopic (exact) mass is 693 g/mol. The molecule has 3 heterocycles. The molecule has 4 N–H and O–H groups in total. The van der Waals surface area contributed by atoms with Crippen molar-refractivity contribution in [1.82, 2.24) is 26.3 Å². The maximum absolute atomic E-state index is 15.5. The molecule has 2 atom stereocenters. The van der Waals surface area contributed by atoms with Crippen molar-refractivity contribution in [2.24, 2.45) is 0 Å². The minimum absolute atomic E-state index is 0.000841. The Labute approximate surface area is 287 Å². The first-order valence-electron chi connectivity index (χ1n) is 15.8. The molecule has 0 saturated carbocycles. The van der Waals surface area contributed by atoms with Crippen LogP contribution in [-0.2, 0) is 22.7 Å². The molecule has 0 aliphatic carbocycles. The lowest BCUT2D eigenvalue weighted by Gasteiger charge is -2.16. The first-order valence-corrected chi connectivity index (χ1v) is 16.6. The van der Waals surface area contributed by atoms with Crippen molar-refractivity contribution in [3.8, 4) is 39.4 Å². The molecule has 2 amide bonds. The first-order chi connectivity index (χ1) is 23.2. The minimum atomic E-state index is -0.999. The van der Waals surface area contributed by atoms with Gasteiger partial charge in [-0.1, -0.05) is 77.8 Å². The molecule has 12 heteroatoms. The molecule has 3 aromatic carbocycles. The van der Waals surface area contributed by atoms with Crippen molar-refractivity contribution in [3.05, 3.63) is 93.5 Å². The fourth-order valence-corrected chi connectivity index (χ4v) is 6.83. The van der Waals surface area contributed by atoms with E-state index in [0.29, 0.717) is 77.7 Å². The number of amides is 2. The third kappa shape index (κ3) is 7.32. The van der Waals surface area contributed by atoms with Crippen LogP contribution in [0.1, 0.15) is 36.8 Å². The quantitative estimate of drug-likeness (QED) is 0.137. The third-order valence-corrected chi connectivity index (χ3v) is 9.55. The summed E-state index contributed by atoms with van der Waals surface area (Å²) in [5.74, 6) is -1.44. The van der Waals surface area contributed by atoms with Crippen molar-refractivity contribution in [1.29, 1.82) is 0 Å². The molecule has 0 spiro atoms. The normalized spacial score (nSPS) is 17.4. The van der Waals surface area contributed by atoms with Gasteiger partial charge in [-0.05, 0) is 18.9 Å². The van der Waals surface area contributed by atoms with Crippen LogP contribution in [0.15, 0.2) is 60.7 Å². The average molecular weight is 695 g/mol. The topological polar surface area (TPSA) is 104 Å². The number of nitrogens with one attached hydrogen (secondary N) is 4. The van der Waals surface area contributed by atoms with E-state index in [-0.39, 0.29) is 46.6 Å². The molecule has 6 rings (SSSR count). The standard InChI is InChI=1S/C36H35Cl2F2N5O3/c1-48-36-21(17-42-19-23-11-15-31(47)44-23)9-13-29(45-36)28-7-3-5-25(33(28)38)24-4-2-6-26(32(24)37)27-12-8-20(34(39)35(27)40)16-41-18-22-10-14-30(46)43-22/h2-9,12-13,22-23,41-42H,10-11,14-19H2,1H3,(H,43,46)(H,44,47)/t22-,23-/m0/s1. The smallest absolute Gasteiger partial charge is 0.220 e. The number of benzene rings is 3. The molecule has 0 radical (unpaired) electrons. The van der Waals surface area contributed by atoms with Crippen LogP contribution in [-0.4, -0.2) is 49.1 Å². The van der Waals surface area contributed by atoms with Crippen LogP contribution in [0.3, 0.4) is 0 Å². The van der Waals surface area contributed by atoms with Crippen LogP contribution in [0.25, 0.3) is 33.5 Å². The Morgan fingerprint density at radius 3 is 1.81 bits per heavy atom. The zero-order chi connectivity index (χ0) is 33.8. The summed E-state index contributed by atoms with van der Waals surface area (Å²) in [4.78, 5) is 27.6. The summed E-state index contributed by atoms with van der Waals surface area (Å²) in [7, 11) is 1.55. The van der Waals surface area contributed by atoms with Crippen LogP contribution < -0.4 is 26.0 Å². The number of methoxy groups -OCH3 is 1. The molecule has 0 bridgehead atoms. The summed E-state index contributed by atoms with van der Waals surface area (Å²) in [5, 5.41) is 12.9. The van der Waals surface area contributed by atoms with E-state index in [1.165, 1.54) is 12.1 Å². The van der Waals surface area contributed by atoms with Crippen LogP contribution in [0.2, 0.25) is 10.0 Å². The fourth-order valence-electron chi connectivity index (χ4n) is 6.17. The summed E-state index contributed by atoms with van der Waals surface area (Å²) in [6.07, 6.45) is 2.54. The van der Waals surface area contributed by atoms with E-state index in [1.807, 2.05) is 30.3 Å². The van der Waals surface area contributed by atoms with Gasteiger partial charge >= 0.3 is 0 Å². The van der Waals surface area contributed by atoms with Gasteiger partial charge in [-0.2, -0.15) is 0 Å². The van der Waals surface area contributed by atoms with E-state index < -0.39 is 11.6 Å². The molecule has 0 unspecified atom stereocenters. The van der Waals surface area contributed by atoms with Crippen molar-refractivity contribution in [3.63, 3.8) is 0 Å². The van der Waals surface area contributed by atoms with Gasteiger partial charge in [0.1, 0.15) is 0 Å². The Morgan fingerprint density at radius 1 is 0.729 bits per heavy atom. The molecule has 2 fully saturated rings. The summed E-state index contributed by atoms with van der Waals surface area (Å²) < 4.78 is 36.3. The Bertz CT molecular complexity index is 1860. The van der Waals surface area contributed by atoms with E-state index in [4.69, 9.17) is 32.9 Å². The lowest BCUT2D eigenvalue weighted by Crippen LogP contribution is -2.35. The molecule has 4 aromatic rings. The van der Waals surface area contributed by atoms with E-state index in [1.54, 1.807) is 25.3 Å². The number of hydrogen-bond acceptors (Lipinski definition) is 6. The number of hydrogen-bond donors (Lipinski definition) is 4. The molecule has 250 valence electrons. The number of halogens is 4. The number of rotatable bonds is 12. The molecule has 48 heavy (non-hydrogen) atoms. The lowest BCUT2D eigenvalue weighted by molar-refractivity contribution is -0.120. The lowest BCUT2D eigenvalue weighted by atomic mass is 9.96. The maximum atomic E-state index is 15.5. The van der Waals surface area contributed by atoms with Crippen LogP contribution in [0.5, 0.6) is 5.88 Å². The summed E-state index contributed by atoms with van der Waals surface area (Å²) in [6.45, 7) is 1.73. The van der Waals surface area contributed by atoms with E-state index in [9.17, 15) is 9.59 Å². The Morgan fingerprint density at radius 2 is 1.25 bits per heavy atom. The second-order valence-corrected chi connectivity index (χ2v) is 12.7. The molecule has 8 nitrogen and oxygen atoms in total. The van der Waals surface area contributed by atoms with Crippen LogP contribution in [0, 0.1) is 11.6 Å². The predicted octanol–water partition coefficient (Wildman–Crippen LogP) is 6.41. The highest BCUT2D eigenvalue weighted by Gasteiger charge is 2.23. The number of pyridine rings is 1. The van der Waals surface area contributed by atoms with Crippen LogP contribution in [0.4, 0.5) is 8.78 Å². The van der Waals surface area contributed by atoms with Gasteiger partial charge in [0, 0.05) is 90.0 Å². The highest BCUT2D eigenvalue weighted by Crippen LogP contribution is 2.43. The van der Waals surface area contributed by atoms with Gasteiger partial charge in [0.15, 0.2) is 11.6 Å². The van der Waals surface area contributed by atoms with Gasteiger partial charge in [-0.15, -0.1) is 0 Å². The second kappa shape index (κ2) is 15.0. The predicted molar refractivity (Wildman–Crippen MR) is 183 cm³/mol. The zero-order valence-corrected chi connectivity index (χ0v) is 27.8. The van der Waals surface area contributed by atoms with E-state index >= 15 is 8.78 Å². The van der Waals surface area contributed by atoms with Gasteiger partial charge in [0.25, 0.3) is 0 Å². The molecule has 2 aliphatic rings. The highest BCUT2D eigenvalue weighted by atomic mass is 35.5. The highest BCUT2D eigenvalue weighted by molar-refractivity contribution is 6.39. The van der Waals surface area contributed by atoms with Crippen LogP contribution >= 0.6 is 23.2 Å². The molecular weight excluding hydrogens is 659 g/mol. The minimum Gasteiger partial charge on any atom is -0.481 e. The Hall–Kier alpha value is -4.09. The average Bonchev–Trinajstić information content (AvgIpc) is 3.70. The summed E-state index contributed by atoms with van der Waals surface area (Å²) in [5.41, 5.74) is 3.78. The number of carbonyl (C=O) groups excluding carboxylic acids is 2. The molecule has 1 aromatic heterocycles. The van der Waals surface area contributed by atoms with Crippen molar-refractivity contribution < 1.29 is 23.1 Å². The molecule has 2 saturated heterocycles.